The van der Waals surface area contributed by atoms with Crippen LogP contribution in [0.2, 0.25) is 0 Å². The van der Waals surface area contributed by atoms with Crippen LogP contribution in [-0.4, -0.2) is 60.4 Å². The van der Waals surface area contributed by atoms with Gasteiger partial charge in [-0.3, -0.25) is 14.5 Å². The number of amides is 2. The van der Waals surface area contributed by atoms with Crippen molar-refractivity contribution in [2.45, 2.75) is 32.2 Å². The van der Waals surface area contributed by atoms with E-state index in [-0.39, 0.29) is 23.7 Å². The molecule has 2 aliphatic heterocycles. The average molecular weight is 333 g/mol. The Labute approximate surface area is 142 Å². The fraction of sp³-hybridized carbons (Fsp3) is 0.556. The summed E-state index contributed by atoms with van der Waals surface area (Å²) in [4.78, 5) is 30.3. The fourth-order valence-electron chi connectivity index (χ4n) is 3.64. The zero-order valence-electron chi connectivity index (χ0n) is 14.1. The lowest BCUT2D eigenvalue weighted by Gasteiger charge is -2.26. The summed E-state index contributed by atoms with van der Waals surface area (Å²) in [5.41, 5.74) is 0.364. The van der Waals surface area contributed by atoms with Gasteiger partial charge < -0.3 is 9.80 Å². The van der Waals surface area contributed by atoms with Gasteiger partial charge in [0.15, 0.2) is 0 Å². The quantitative estimate of drug-likeness (QED) is 0.848. The molecule has 2 aliphatic rings. The highest BCUT2D eigenvalue weighted by Crippen LogP contribution is 2.27. The van der Waals surface area contributed by atoms with Gasteiger partial charge in [-0.05, 0) is 25.0 Å². The van der Waals surface area contributed by atoms with Crippen molar-refractivity contribution in [2.75, 3.05) is 37.6 Å². The number of hydrogen-bond donors (Lipinski definition) is 0. The van der Waals surface area contributed by atoms with Crippen LogP contribution in [0.5, 0.6) is 0 Å². The van der Waals surface area contributed by atoms with Gasteiger partial charge in [-0.2, -0.15) is 0 Å². The molecule has 0 saturated carbocycles. The molecule has 0 unspecified atom stereocenters. The Bertz CT molecular complexity index is 622. The van der Waals surface area contributed by atoms with Crippen molar-refractivity contribution in [3.05, 3.63) is 30.1 Å². The highest BCUT2D eigenvalue weighted by atomic mass is 19.1. The van der Waals surface area contributed by atoms with Gasteiger partial charge in [0, 0.05) is 39.1 Å². The molecule has 0 aromatic heterocycles. The first-order chi connectivity index (χ1) is 11.6. The van der Waals surface area contributed by atoms with Crippen LogP contribution in [0.4, 0.5) is 10.1 Å². The molecule has 6 heteroatoms. The summed E-state index contributed by atoms with van der Waals surface area (Å²) >= 11 is 0. The third-order valence-corrected chi connectivity index (χ3v) is 4.95. The summed E-state index contributed by atoms with van der Waals surface area (Å²) in [6.07, 6.45) is 2.09. The van der Waals surface area contributed by atoms with Gasteiger partial charge in [-0.25, -0.2) is 4.39 Å². The summed E-state index contributed by atoms with van der Waals surface area (Å²) in [6, 6.07) is 6.21. The van der Waals surface area contributed by atoms with E-state index in [1.54, 1.807) is 23.1 Å². The first-order valence-electron chi connectivity index (χ1n) is 8.69. The molecular weight excluding hydrogens is 309 g/mol. The van der Waals surface area contributed by atoms with Crippen LogP contribution in [0.1, 0.15) is 26.2 Å². The smallest absolute Gasteiger partial charge is 0.244 e. The normalized spacial score (nSPS) is 22.8. The number of carbonyl (C=O) groups is 2. The molecule has 2 amide bonds. The molecule has 2 saturated heterocycles. The minimum Gasteiger partial charge on any atom is -0.341 e. The van der Waals surface area contributed by atoms with Crippen LogP contribution in [0.15, 0.2) is 24.3 Å². The number of carbonyl (C=O) groups excluding carboxylic acids is 2. The Balaban J connectivity index is 1.67. The van der Waals surface area contributed by atoms with Gasteiger partial charge in [-0.1, -0.05) is 19.1 Å². The third-order valence-electron chi connectivity index (χ3n) is 4.95. The van der Waals surface area contributed by atoms with Gasteiger partial charge in [0.2, 0.25) is 11.8 Å². The molecule has 2 heterocycles. The van der Waals surface area contributed by atoms with Crippen molar-refractivity contribution in [2.24, 2.45) is 0 Å². The lowest BCUT2D eigenvalue weighted by Crippen LogP contribution is -2.44. The number of para-hydroxylation sites is 1. The molecule has 0 radical (unpaired) electrons. The van der Waals surface area contributed by atoms with Gasteiger partial charge in [0.25, 0.3) is 0 Å². The summed E-state index contributed by atoms with van der Waals surface area (Å²) in [6.45, 7) is 5.33. The molecule has 1 aromatic rings. The van der Waals surface area contributed by atoms with E-state index < -0.39 is 0 Å². The van der Waals surface area contributed by atoms with E-state index in [0.29, 0.717) is 38.2 Å². The number of halogens is 1. The molecule has 24 heavy (non-hydrogen) atoms. The molecule has 0 aliphatic carbocycles. The first-order valence-corrected chi connectivity index (χ1v) is 8.69. The number of anilines is 1. The maximum Gasteiger partial charge on any atom is 0.244 e. The lowest BCUT2D eigenvalue weighted by atomic mass is 10.2. The Morgan fingerprint density at radius 1 is 1.17 bits per heavy atom. The van der Waals surface area contributed by atoms with E-state index in [0.717, 1.165) is 19.5 Å². The minimum atomic E-state index is -0.359. The lowest BCUT2D eigenvalue weighted by molar-refractivity contribution is -0.130. The minimum absolute atomic E-state index is 0.0321. The molecule has 3 rings (SSSR count). The Kier molecular flexibility index (Phi) is 5.14. The van der Waals surface area contributed by atoms with E-state index in [1.165, 1.54) is 6.07 Å². The predicted molar refractivity (Wildman–Crippen MR) is 90.2 cm³/mol. The molecule has 5 nitrogen and oxygen atoms in total. The number of rotatable bonds is 3. The van der Waals surface area contributed by atoms with Crippen LogP contribution in [0.3, 0.4) is 0 Å². The maximum absolute atomic E-state index is 14.0. The predicted octanol–water partition coefficient (Wildman–Crippen LogP) is 1.88. The number of nitrogens with zero attached hydrogens (tertiary/aromatic N) is 3. The van der Waals surface area contributed by atoms with Crippen LogP contribution in [0.25, 0.3) is 0 Å². The number of benzene rings is 1. The van der Waals surface area contributed by atoms with Crippen molar-refractivity contribution < 1.29 is 14.0 Å². The highest BCUT2D eigenvalue weighted by Gasteiger charge is 2.38. The molecule has 2 fully saturated rings. The molecule has 130 valence electrons. The zero-order chi connectivity index (χ0) is 17.1. The van der Waals surface area contributed by atoms with Crippen molar-refractivity contribution in [3.63, 3.8) is 0 Å². The van der Waals surface area contributed by atoms with E-state index in [4.69, 9.17) is 0 Å². The zero-order valence-corrected chi connectivity index (χ0v) is 14.1. The van der Waals surface area contributed by atoms with Crippen LogP contribution >= 0.6 is 0 Å². The van der Waals surface area contributed by atoms with Gasteiger partial charge in [-0.15, -0.1) is 0 Å². The monoisotopic (exact) mass is 333 g/mol. The van der Waals surface area contributed by atoms with Crippen molar-refractivity contribution >= 4 is 17.5 Å². The van der Waals surface area contributed by atoms with E-state index in [2.05, 4.69) is 4.90 Å². The van der Waals surface area contributed by atoms with Gasteiger partial charge >= 0.3 is 0 Å². The van der Waals surface area contributed by atoms with Crippen LogP contribution in [0, 0.1) is 5.82 Å². The van der Waals surface area contributed by atoms with Crippen LogP contribution in [-0.2, 0) is 9.59 Å². The Morgan fingerprint density at radius 2 is 1.96 bits per heavy atom. The van der Waals surface area contributed by atoms with Crippen LogP contribution < -0.4 is 4.90 Å². The molecule has 0 bridgehead atoms. The maximum atomic E-state index is 14.0. The third kappa shape index (κ3) is 3.29. The van der Waals surface area contributed by atoms with Crippen molar-refractivity contribution in [1.82, 2.24) is 9.80 Å². The van der Waals surface area contributed by atoms with Crippen molar-refractivity contribution in [1.29, 1.82) is 0 Å². The second-order valence-electron chi connectivity index (χ2n) is 6.37. The molecular formula is C18H24FN3O2. The largest absolute Gasteiger partial charge is 0.341 e. The second kappa shape index (κ2) is 7.30. The van der Waals surface area contributed by atoms with Gasteiger partial charge in [0.05, 0.1) is 11.7 Å². The molecule has 1 atom stereocenters. The summed E-state index contributed by atoms with van der Waals surface area (Å²) < 4.78 is 14.0. The summed E-state index contributed by atoms with van der Waals surface area (Å²) in [7, 11) is 0. The Hall–Kier alpha value is -1.95. The second-order valence-corrected chi connectivity index (χ2v) is 6.37. The summed E-state index contributed by atoms with van der Waals surface area (Å²) in [5, 5.41) is 0. The Morgan fingerprint density at radius 3 is 2.71 bits per heavy atom. The first kappa shape index (κ1) is 16.9. The van der Waals surface area contributed by atoms with E-state index in [1.807, 2.05) is 11.8 Å². The topological polar surface area (TPSA) is 43.9 Å². The fourth-order valence-corrected chi connectivity index (χ4v) is 3.64. The number of hydrogen-bond acceptors (Lipinski definition) is 3. The van der Waals surface area contributed by atoms with E-state index >= 15 is 0 Å². The highest BCUT2D eigenvalue weighted by molar-refractivity contribution is 5.99. The summed E-state index contributed by atoms with van der Waals surface area (Å²) in [5.74, 6) is -0.222. The van der Waals surface area contributed by atoms with Crippen molar-refractivity contribution in [3.8, 4) is 0 Å². The van der Waals surface area contributed by atoms with Gasteiger partial charge in [0.1, 0.15) is 5.82 Å². The molecule has 0 spiro atoms. The molecule has 1 aromatic carbocycles. The average Bonchev–Trinajstić information content (AvgIpc) is 2.82. The SMILES string of the molecule is CCC(=O)N1CCCN([C@H]2CCN(c3ccccc3F)C2=O)CC1. The van der Waals surface area contributed by atoms with E-state index in [9.17, 15) is 14.0 Å². The standard InChI is InChI=1S/C18H24FN3O2/c1-2-17(23)21-10-5-9-20(12-13-21)16-8-11-22(18(16)24)15-7-4-3-6-14(15)19/h3-4,6-7,16H,2,5,8-13H2,1H3/t16-/m0/s1. The molecule has 0 N–H and O–H groups in total.